The van der Waals surface area contributed by atoms with E-state index < -0.39 is 0 Å². The van der Waals surface area contributed by atoms with Gasteiger partial charge in [-0.15, -0.1) is 0 Å². The number of para-hydroxylation sites is 2. The van der Waals surface area contributed by atoms with Crippen molar-refractivity contribution in [3.8, 4) is 0 Å². The molecule has 1 N–H and O–H groups in total. The van der Waals surface area contributed by atoms with E-state index in [4.69, 9.17) is 0 Å². The van der Waals surface area contributed by atoms with Gasteiger partial charge in [0.1, 0.15) is 6.54 Å². The van der Waals surface area contributed by atoms with Crippen molar-refractivity contribution in [2.75, 3.05) is 16.8 Å². The van der Waals surface area contributed by atoms with E-state index in [-0.39, 0.29) is 18.4 Å². The largest absolute Gasteiger partial charge is 0.323 e. The van der Waals surface area contributed by atoms with Crippen LogP contribution >= 0.6 is 0 Å². The Bertz CT molecular complexity index is 469. The quantitative estimate of drug-likeness (QED) is 0.890. The molecule has 0 aliphatic carbocycles. The van der Waals surface area contributed by atoms with Gasteiger partial charge in [0, 0.05) is 6.42 Å². The summed E-state index contributed by atoms with van der Waals surface area (Å²) < 4.78 is 0. The summed E-state index contributed by atoms with van der Waals surface area (Å²) in [5, 5.41) is 2.78. The summed E-state index contributed by atoms with van der Waals surface area (Å²) in [5.41, 5.74) is 1.51. The van der Waals surface area contributed by atoms with Gasteiger partial charge in [-0.3, -0.25) is 9.59 Å². The van der Waals surface area contributed by atoms with Gasteiger partial charge in [0.05, 0.1) is 11.4 Å². The van der Waals surface area contributed by atoms with Crippen LogP contribution in [0.4, 0.5) is 11.4 Å². The van der Waals surface area contributed by atoms with E-state index in [1.54, 1.807) is 4.90 Å². The van der Waals surface area contributed by atoms with Gasteiger partial charge in [-0.2, -0.15) is 0 Å². The number of fused-ring (bicyclic) bond motifs is 1. The lowest BCUT2D eigenvalue weighted by Gasteiger charge is -2.29. The molecular formula is C14H18N2O2. The highest BCUT2D eigenvalue weighted by Crippen LogP contribution is 2.29. The molecule has 0 unspecified atom stereocenters. The zero-order chi connectivity index (χ0) is 13.1. The van der Waals surface area contributed by atoms with Crippen LogP contribution in [0.1, 0.15) is 26.7 Å². The molecular weight excluding hydrogens is 228 g/mol. The second-order valence-electron chi connectivity index (χ2n) is 4.98. The van der Waals surface area contributed by atoms with Crippen LogP contribution in [0, 0.1) is 5.92 Å². The van der Waals surface area contributed by atoms with Crippen LogP contribution in [0.3, 0.4) is 0 Å². The fourth-order valence-electron chi connectivity index (χ4n) is 2.00. The fourth-order valence-corrected chi connectivity index (χ4v) is 2.00. The van der Waals surface area contributed by atoms with Gasteiger partial charge >= 0.3 is 0 Å². The van der Waals surface area contributed by atoms with Crippen LogP contribution in [-0.4, -0.2) is 18.4 Å². The van der Waals surface area contributed by atoms with Crippen molar-refractivity contribution in [2.24, 2.45) is 5.92 Å². The predicted molar refractivity (Wildman–Crippen MR) is 71.5 cm³/mol. The highest BCUT2D eigenvalue weighted by Gasteiger charge is 2.26. The first-order valence-electron chi connectivity index (χ1n) is 6.27. The van der Waals surface area contributed by atoms with Crippen LogP contribution in [0.2, 0.25) is 0 Å². The van der Waals surface area contributed by atoms with Crippen LogP contribution in [-0.2, 0) is 9.59 Å². The summed E-state index contributed by atoms with van der Waals surface area (Å²) >= 11 is 0. The number of carbonyl (C=O) groups is 2. The Kier molecular flexibility index (Phi) is 3.65. The summed E-state index contributed by atoms with van der Waals surface area (Å²) in [6.07, 6.45) is 1.33. The molecule has 0 radical (unpaired) electrons. The van der Waals surface area contributed by atoms with Crippen LogP contribution in [0.5, 0.6) is 0 Å². The topological polar surface area (TPSA) is 49.4 Å². The van der Waals surface area contributed by atoms with Crippen molar-refractivity contribution >= 4 is 23.2 Å². The Hall–Kier alpha value is -1.84. The average molecular weight is 246 g/mol. The van der Waals surface area contributed by atoms with E-state index in [9.17, 15) is 9.59 Å². The molecule has 1 aromatic carbocycles. The zero-order valence-electron chi connectivity index (χ0n) is 10.8. The number of nitrogens with one attached hydrogen (secondary N) is 1. The zero-order valence-corrected chi connectivity index (χ0v) is 10.8. The van der Waals surface area contributed by atoms with E-state index in [0.717, 1.165) is 12.1 Å². The number of hydrogen-bond donors (Lipinski definition) is 1. The Labute approximate surface area is 107 Å². The highest BCUT2D eigenvalue weighted by atomic mass is 16.2. The van der Waals surface area contributed by atoms with E-state index >= 15 is 0 Å². The number of amides is 2. The van der Waals surface area contributed by atoms with Gasteiger partial charge in [-0.25, -0.2) is 0 Å². The summed E-state index contributed by atoms with van der Waals surface area (Å²) in [7, 11) is 0. The molecule has 1 heterocycles. The van der Waals surface area contributed by atoms with E-state index in [1.165, 1.54) is 0 Å². The monoisotopic (exact) mass is 246 g/mol. The van der Waals surface area contributed by atoms with Crippen LogP contribution in [0.25, 0.3) is 0 Å². The maximum atomic E-state index is 12.2. The molecule has 0 aromatic heterocycles. The third-order valence-electron chi connectivity index (χ3n) is 3.01. The van der Waals surface area contributed by atoms with E-state index in [1.807, 2.05) is 24.3 Å². The third kappa shape index (κ3) is 2.70. The molecule has 0 saturated heterocycles. The molecule has 1 aromatic rings. The first-order valence-corrected chi connectivity index (χ1v) is 6.27. The van der Waals surface area contributed by atoms with Crippen molar-refractivity contribution < 1.29 is 9.59 Å². The molecule has 4 nitrogen and oxygen atoms in total. The lowest BCUT2D eigenvalue weighted by Crippen LogP contribution is -2.42. The molecule has 0 atom stereocenters. The second kappa shape index (κ2) is 5.21. The fraction of sp³-hybridized carbons (Fsp3) is 0.429. The van der Waals surface area contributed by atoms with Gasteiger partial charge in [0.25, 0.3) is 0 Å². The second-order valence-corrected chi connectivity index (χ2v) is 4.98. The molecule has 96 valence electrons. The Balaban J connectivity index is 2.18. The first-order chi connectivity index (χ1) is 8.58. The molecule has 2 amide bonds. The Morgan fingerprint density at radius 3 is 2.83 bits per heavy atom. The summed E-state index contributed by atoms with van der Waals surface area (Å²) in [5.74, 6) is 0.375. The smallest absolute Gasteiger partial charge is 0.244 e. The van der Waals surface area contributed by atoms with E-state index in [0.29, 0.717) is 18.0 Å². The van der Waals surface area contributed by atoms with Gasteiger partial charge in [-0.1, -0.05) is 26.0 Å². The molecule has 0 saturated carbocycles. The first kappa shape index (κ1) is 12.6. The number of carbonyl (C=O) groups excluding carboxylic acids is 2. The number of hydrogen-bond acceptors (Lipinski definition) is 2. The molecule has 18 heavy (non-hydrogen) atoms. The number of rotatable bonds is 3. The molecule has 4 heteroatoms. The minimum Gasteiger partial charge on any atom is -0.323 e. The minimum absolute atomic E-state index is 0.0194. The van der Waals surface area contributed by atoms with Gasteiger partial charge in [0.2, 0.25) is 11.8 Å². The third-order valence-corrected chi connectivity index (χ3v) is 3.01. The standard InChI is InChI=1S/C14H18N2O2/c1-10(2)7-8-14(18)16-9-13(17)15-11-5-3-4-6-12(11)16/h3-6,10H,7-9H2,1-2H3,(H,15,17). The SMILES string of the molecule is CC(C)CCC(=O)N1CC(=O)Nc2ccccc21. The summed E-state index contributed by atoms with van der Waals surface area (Å²) in [6.45, 7) is 4.29. The van der Waals surface area contributed by atoms with Gasteiger partial charge in [0.15, 0.2) is 0 Å². The van der Waals surface area contributed by atoms with E-state index in [2.05, 4.69) is 19.2 Å². The molecule has 1 aliphatic heterocycles. The predicted octanol–water partition coefficient (Wildman–Crippen LogP) is 2.41. The van der Waals surface area contributed by atoms with Gasteiger partial charge in [-0.05, 0) is 24.5 Å². The number of benzene rings is 1. The van der Waals surface area contributed by atoms with Crippen molar-refractivity contribution in [3.63, 3.8) is 0 Å². The number of nitrogens with zero attached hydrogens (tertiary/aromatic N) is 1. The van der Waals surface area contributed by atoms with Crippen molar-refractivity contribution in [1.82, 2.24) is 0 Å². The maximum absolute atomic E-state index is 12.2. The average Bonchev–Trinajstić information content (AvgIpc) is 2.34. The lowest BCUT2D eigenvalue weighted by atomic mass is 10.1. The molecule has 0 spiro atoms. The maximum Gasteiger partial charge on any atom is 0.244 e. The molecule has 0 fully saturated rings. The minimum atomic E-state index is -0.133. The molecule has 1 aliphatic rings. The molecule has 2 rings (SSSR count). The number of anilines is 2. The van der Waals surface area contributed by atoms with Crippen LogP contribution < -0.4 is 10.2 Å². The molecule has 0 bridgehead atoms. The highest BCUT2D eigenvalue weighted by molar-refractivity contribution is 6.09. The van der Waals surface area contributed by atoms with Crippen molar-refractivity contribution in [2.45, 2.75) is 26.7 Å². The Morgan fingerprint density at radius 2 is 2.11 bits per heavy atom. The Morgan fingerprint density at radius 1 is 1.39 bits per heavy atom. The summed E-state index contributed by atoms with van der Waals surface area (Å²) in [4.78, 5) is 25.3. The van der Waals surface area contributed by atoms with Crippen molar-refractivity contribution in [1.29, 1.82) is 0 Å². The lowest BCUT2D eigenvalue weighted by molar-refractivity contribution is -0.122. The normalized spacial score (nSPS) is 14.4. The van der Waals surface area contributed by atoms with Gasteiger partial charge < -0.3 is 10.2 Å². The summed E-state index contributed by atoms with van der Waals surface area (Å²) in [6, 6.07) is 7.40. The van der Waals surface area contributed by atoms with Crippen LogP contribution in [0.15, 0.2) is 24.3 Å². The van der Waals surface area contributed by atoms with Crippen molar-refractivity contribution in [3.05, 3.63) is 24.3 Å².